The zero-order valence-corrected chi connectivity index (χ0v) is 15.4. The number of nitrogens with zero attached hydrogens (tertiary/aromatic N) is 1. The first-order valence-corrected chi connectivity index (χ1v) is 9.05. The third kappa shape index (κ3) is 7.32. The third-order valence-electron chi connectivity index (χ3n) is 2.75. The number of rotatable bonds is 3. The van der Waals surface area contributed by atoms with Gasteiger partial charge in [-0.05, 0) is 60.7 Å². The molecule has 3 rings (SSSR count). The molecule has 0 unspecified atom stereocenters. The summed E-state index contributed by atoms with van der Waals surface area (Å²) in [6.45, 7) is 0. The Morgan fingerprint density at radius 2 is 1.43 bits per heavy atom. The van der Waals surface area contributed by atoms with E-state index >= 15 is 0 Å². The van der Waals surface area contributed by atoms with Crippen LogP contribution in [0, 0.1) is 0 Å². The number of halogens is 2. The van der Waals surface area contributed by atoms with Crippen LogP contribution in [0.15, 0.2) is 82.7 Å². The first-order valence-electron chi connectivity index (χ1n) is 6.86. The average Bonchev–Trinajstić information content (AvgIpc) is 2.59. The van der Waals surface area contributed by atoms with E-state index in [9.17, 15) is 0 Å². The highest BCUT2D eigenvalue weighted by Gasteiger charge is 1.96. The van der Waals surface area contributed by atoms with Gasteiger partial charge in [-0.25, -0.2) is 0 Å². The van der Waals surface area contributed by atoms with Crippen LogP contribution in [0.25, 0.3) is 0 Å². The van der Waals surface area contributed by atoms with Gasteiger partial charge in [-0.2, -0.15) is 0 Å². The fraction of sp³-hybridized carbons (Fsp3) is 0.0556. The Morgan fingerprint density at radius 1 is 0.826 bits per heavy atom. The van der Waals surface area contributed by atoms with Gasteiger partial charge >= 0.3 is 0 Å². The molecular weight excluding hydrogens is 365 g/mol. The maximum Gasteiger partial charge on any atom is 0.0506 e. The molecule has 1 aromatic heterocycles. The van der Waals surface area contributed by atoms with Gasteiger partial charge in [0.1, 0.15) is 0 Å². The van der Waals surface area contributed by atoms with Crippen LogP contribution in [-0.2, 0) is 5.75 Å². The largest absolute Gasteiger partial charge is 0.260 e. The molecular formula is C18H15Cl2NS2. The zero-order chi connectivity index (χ0) is 16.5. The number of hydrogen-bond acceptors (Lipinski definition) is 3. The van der Waals surface area contributed by atoms with E-state index in [2.05, 4.69) is 17.6 Å². The molecule has 0 atom stereocenters. The molecule has 3 aromatic rings. The number of benzene rings is 2. The summed E-state index contributed by atoms with van der Waals surface area (Å²) in [4.78, 5) is 6.42. The number of thiol groups is 1. The normalized spacial score (nSPS) is 9.87. The molecule has 2 aromatic carbocycles. The fourth-order valence-electron chi connectivity index (χ4n) is 1.61. The molecule has 0 aliphatic carbocycles. The lowest BCUT2D eigenvalue weighted by Crippen LogP contribution is -1.83. The van der Waals surface area contributed by atoms with E-state index < -0.39 is 0 Å². The minimum Gasteiger partial charge on any atom is -0.260 e. The number of thioether (sulfide) groups is 1. The Labute approximate surface area is 156 Å². The Bertz CT molecular complexity index is 680. The summed E-state index contributed by atoms with van der Waals surface area (Å²) < 4.78 is 0. The zero-order valence-electron chi connectivity index (χ0n) is 12.2. The van der Waals surface area contributed by atoms with Gasteiger partial charge in [-0.15, -0.1) is 24.4 Å². The molecule has 118 valence electrons. The molecule has 0 N–H and O–H groups in total. The molecule has 0 aliphatic heterocycles. The first-order chi connectivity index (χ1) is 11.1. The fourth-order valence-corrected chi connectivity index (χ4v) is 2.83. The number of hydrogen-bond donors (Lipinski definition) is 1. The van der Waals surface area contributed by atoms with Gasteiger partial charge < -0.3 is 0 Å². The van der Waals surface area contributed by atoms with Crippen LogP contribution in [0.2, 0.25) is 10.0 Å². The van der Waals surface area contributed by atoms with Crippen LogP contribution >= 0.6 is 47.6 Å². The van der Waals surface area contributed by atoms with Crippen molar-refractivity contribution >= 4 is 47.6 Å². The van der Waals surface area contributed by atoms with Crippen molar-refractivity contribution in [2.24, 2.45) is 0 Å². The lowest BCUT2D eigenvalue weighted by molar-refractivity contribution is 1.17. The van der Waals surface area contributed by atoms with E-state index in [4.69, 9.17) is 23.2 Å². The standard InChI is InChI=1S/C12H10ClNS.C6H5ClS/c13-10-4-6-12(7-5-10)15-9-11-3-1-2-8-14-11;7-5-1-3-6(8)4-2-5/h1-8H,9H2;1-4,8H. The van der Waals surface area contributed by atoms with Gasteiger partial charge in [0.2, 0.25) is 0 Å². The van der Waals surface area contributed by atoms with Crippen molar-refractivity contribution in [2.75, 3.05) is 0 Å². The molecule has 0 bridgehead atoms. The van der Waals surface area contributed by atoms with Crippen LogP contribution < -0.4 is 0 Å². The summed E-state index contributed by atoms with van der Waals surface area (Å²) in [5.74, 6) is 0.891. The molecule has 0 aliphatic rings. The van der Waals surface area contributed by atoms with Gasteiger partial charge in [0.15, 0.2) is 0 Å². The lowest BCUT2D eigenvalue weighted by Gasteiger charge is -2.00. The monoisotopic (exact) mass is 379 g/mol. The first kappa shape index (κ1) is 18.2. The molecule has 0 spiro atoms. The molecule has 0 radical (unpaired) electrons. The predicted octanol–water partition coefficient (Wildman–Crippen LogP) is 6.66. The Hall–Kier alpha value is -1.13. The highest BCUT2D eigenvalue weighted by Crippen LogP contribution is 2.23. The van der Waals surface area contributed by atoms with Crippen molar-refractivity contribution < 1.29 is 0 Å². The average molecular weight is 380 g/mol. The summed E-state index contributed by atoms with van der Waals surface area (Å²) in [6, 6.07) is 21.1. The third-order valence-corrected chi connectivity index (χ3v) is 4.60. The summed E-state index contributed by atoms with van der Waals surface area (Å²) in [5.41, 5.74) is 1.09. The molecule has 1 heterocycles. The Balaban J connectivity index is 0.000000203. The van der Waals surface area contributed by atoms with Gasteiger partial charge in [0, 0.05) is 31.8 Å². The van der Waals surface area contributed by atoms with Crippen LogP contribution in [-0.4, -0.2) is 4.98 Å². The topological polar surface area (TPSA) is 12.9 Å². The maximum atomic E-state index is 5.81. The summed E-state index contributed by atoms with van der Waals surface area (Å²) in [7, 11) is 0. The number of pyridine rings is 1. The van der Waals surface area contributed by atoms with E-state index in [1.807, 2.05) is 72.9 Å². The number of aromatic nitrogens is 1. The molecule has 0 amide bonds. The van der Waals surface area contributed by atoms with Crippen molar-refractivity contribution in [3.8, 4) is 0 Å². The van der Waals surface area contributed by atoms with Crippen LogP contribution in [0.4, 0.5) is 0 Å². The second-order valence-electron chi connectivity index (χ2n) is 4.54. The van der Waals surface area contributed by atoms with Gasteiger partial charge in [0.25, 0.3) is 0 Å². The summed E-state index contributed by atoms with van der Waals surface area (Å²) in [6.07, 6.45) is 1.82. The quantitative estimate of drug-likeness (QED) is 0.403. The summed E-state index contributed by atoms with van der Waals surface area (Å²) >= 11 is 17.2. The minimum atomic E-state index is 0.753. The molecule has 0 saturated heterocycles. The molecule has 0 fully saturated rings. The highest BCUT2D eigenvalue weighted by molar-refractivity contribution is 7.98. The van der Waals surface area contributed by atoms with E-state index in [0.717, 1.165) is 26.4 Å². The van der Waals surface area contributed by atoms with E-state index in [0.29, 0.717) is 0 Å². The smallest absolute Gasteiger partial charge is 0.0506 e. The van der Waals surface area contributed by atoms with Gasteiger partial charge in [0.05, 0.1) is 5.69 Å². The SMILES string of the molecule is Clc1ccc(SCc2ccccn2)cc1.Sc1ccc(Cl)cc1. The van der Waals surface area contributed by atoms with E-state index in [-0.39, 0.29) is 0 Å². The maximum absolute atomic E-state index is 5.81. The minimum absolute atomic E-state index is 0.753. The van der Waals surface area contributed by atoms with Crippen molar-refractivity contribution in [1.29, 1.82) is 0 Å². The predicted molar refractivity (Wildman–Crippen MR) is 104 cm³/mol. The van der Waals surface area contributed by atoms with Crippen LogP contribution in [0.3, 0.4) is 0 Å². The van der Waals surface area contributed by atoms with Crippen LogP contribution in [0.5, 0.6) is 0 Å². The van der Waals surface area contributed by atoms with Crippen LogP contribution in [0.1, 0.15) is 5.69 Å². The Kier molecular flexibility index (Phi) is 7.83. The Morgan fingerprint density at radius 3 is 1.96 bits per heavy atom. The molecule has 0 saturated carbocycles. The summed E-state index contributed by atoms with van der Waals surface area (Å²) in [5, 5.41) is 1.53. The van der Waals surface area contributed by atoms with Crippen molar-refractivity contribution in [3.63, 3.8) is 0 Å². The second kappa shape index (κ2) is 9.89. The molecule has 5 heteroatoms. The van der Waals surface area contributed by atoms with Crippen molar-refractivity contribution in [1.82, 2.24) is 4.98 Å². The van der Waals surface area contributed by atoms with Crippen molar-refractivity contribution in [3.05, 3.63) is 88.7 Å². The highest BCUT2D eigenvalue weighted by atomic mass is 35.5. The van der Waals surface area contributed by atoms with E-state index in [1.54, 1.807) is 11.8 Å². The van der Waals surface area contributed by atoms with Crippen molar-refractivity contribution in [2.45, 2.75) is 15.5 Å². The lowest BCUT2D eigenvalue weighted by atomic mass is 10.4. The van der Waals surface area contributed by atoms with E-state index in [1.165, 1.54) is 4.90 Å². The van der Waals surface area contributed by atoms with Gasteiger partial charge in [-0.3, -0.25) is 4.98 Å². The molecule has 1 nitrogen and oxygen atoms in total. The molecule has 23 heavy (non-hydrogen) atoms. The second-order valence-corrected chi connectivity index (χ2v) is 6.98. The van der Waals surface area contributed by atoms with Gasteiger partial charge in [-0.1, -0.05) is 29.3 Å².